The third kappa shape index (κ3) is 2.99. The minimum absolute atomic E-state index is 0.210. The monoisotopic (exact) mass is 401 g/mol. The topological polar surface area (TPSA) is 12.9 Å². The zero-order chi connectivity index (χ0) is 11.8. The quantitative estimate of drug-likeness (QED) is 0.386. The molecule has 1 heterocycles. The second kappa shape index (κ2) is 4.48. The lowest BCUT2D eigenvalue weighted by Crippen LogP contribution is -2.09. The fourth-order valence-corrected chi connectivity index (χ4v) is 2.03. The van der Waals surface area contributed by atoms with E-state index in [2.05, 4.69) is 20.9 Å². The maximum atomic E-state index is 12.3. The molecule has 1 nitrogen and oxygen atoms in total. The SMILES string of the molecule is FC(F)c1nc(Br)c(C(F)(F)F)cc1I. The van der Waals surface area contributed by atoms with E-state index in [0.717, 1.165) is 0 Å². The number of halogens is 7. The number of hydrogen-bond acceptors (Lipinski definition) is 1. The summed E-state index contributed by atoms with van der Waals surface area (Å²) in [6, 6.07) is 0.638. The first-order chi connectivity index (χ1) is 6.73. The zero-order valence-electron chi connectivity index (χ0n) is 6.75. The molecule has 0 aliphatic carbocycles. The summed E-state index contributed by atoms with van der Waals surface area (Å²) < 4.78 is 60.6. The van der Waals surface area contributed by atoms with Crippen LogP contribution in [0.1, 0.15) is 17.7 Å². The van der Waals surface area contributed by atoms with E-state index in [-0.39, 0.29) is 3.57 Å². The first kappa shape index (κ1) is 13.1. The average molecular weight is 402 g/mol. The molecule has 1 aromatic heterocycles. The van der Waals surface area contributed by atoms with E-state index in [1.807, 2.05) is 0 Å². The molecule has 8 heteroatoms. The van der Waals surface area contributed by atoms with Gasteiger partial charge >= 0.3 is 6.18 Å². The highest BCUT2D eigenvalue weighted by atomic mass is 127. The lowest BCUT2D eigenvalue weighted by molar-refractivity contribution is -0.138. The summed E-state index contributed by atoms with van der Waals surface area (Å²) in [5.74, 6) is 0. The third-order valence-electron chi connectivity index (χ3n) is 1.47. The van der Waals surface area contributed by atoms with Gasteiger partial charge in [-0.05, 0) is 44.6 Å². The van der Waals surface area contributed by atoms with E-state index in [4.69, 9.17) is 0 Å². The molecule has 0 amide bonds. The van der Waals surface area contributed by atoms with Crippen LogP contribution in [-0.4, -0.2) is 4.98 Å². The van der Waals surface area contributed by atoms with Gasteiger partial charge in [0.25, 0.3) is 6.43 Å². The van der Waals surface area contributed by atoms with Crippen LogP contribution in [0.4, 0.5) is 22.0 Å². The Morgan fingerprint density at radius 1 is 1.33 bits per heavy atom. The molecule has 0 spiro atoms. The summed E-state index contributed by atoms with van der Waals surface area (Å²) in [4.78, 5) is 3.18. The molecule has 1 rings (SSSR count). The van der Waals surface area contributed by atoms with Gasteiger partial charge in [-0.25, -0.2) is 13.8 Å². The van der Waals surface area contributed by atoms with Crippen molar-refractivity contribution >= 4 is 38.5 Å². The predicted molar refractivity (Wildman–Crippen MR) is 54.6 cm³/mol. The highest BCUT2D eigenvalue weighted by molar-refractivity contribution is 14.1. The molecule has 0 aliphatic heterocycles. The van der Waals surface area contributed by atoms with Crippen LogP contribution in [0.15, 0.2) is 10.7 Å². The summed E-state index contributed by atoms with van der Waals surface area (Å²) in [5, 5.41) is 0. The molecule has 84 valence electrons. The normalized spacial score (nSPS) is 12.3. The smallest absolute Gasteiger partial charge is 0.238 e. The van der Waals surface area contributed by atoms with Crippen molar-refractivity contribution < 1.29 is 22.0 Å². The fraction of sp³-hybridized carbons (Fsp3) is 0.286. The Hall–Kier alpha value is 0.01000. The number of aromatic nitrogens is 1. The number of pyridine rings is 1. The molecule has 0 unspecified atom stereocenters. The van der Waals surface area contributed by atoms with Gasteiger partial charge in [-0.2, -0.15) is 13.2 Å². The highest BCUT2D eigenvalue weighted by Crippen LogP contribution is 2.36. The minimum Gasteiger partial charge on any atom is -0.238 e. The maximum absolute atomic E-state index is 12.3. The molecular weight excluding hydrogens is 400 g/mol. The van der Waals surface area contributed by atoms with Crippen molar-refractivity contribution in [1.82, 2.24) is 4.98 Å². The summed E-state index contributed by atoms with van der Waals surface area (Å²) >= 11 is 3.91. The second-order valence-electron chi connectivity index (χ2n) is 2.49. The van der Waals surface area contributed by atoms with Crippen molar-refractivity contribution in [1.29, 1.82) is 0 Å². The molecule has 0 bridgehead atoms. The van der Waals surface area contributed by atoms with Crippen molar-refractivity contribution in [3.8, 4) is 0 Å². The standard InChI is InChI=1S/C7H2BrF5IN/c8-5-2(7(11,12)13)1-3(14)4(15-5)6(9)10/h1,6H. The predicted octanol–water partition coefficient (Wildman–Crippen LogP) is 4.41. The molecule has 0 saturated carbocycles. The van der Waals surface area contributed by atoms with E-state index in [0.29, 0.717) is 6.07 Å². The molecule has 0 radical (unpaired) electrons. The van der Waals surface area contributed by atoms with Crippen LogP contribution >= 0.6 is 38.5 Å². The van der Waals surface area contributed by atoms with Crippen molar-refractivity contribution in [3.05, 3.63) is 25.5 Å². The van der Waals surface area contributed by atoms with Gasteiger partial charge in [-0.15, -0.1) is 0 Å². The molecule has 0 saturated heterocycles. The van der Waals surface area contributed by atoms with Gasteiger partial charge in [0.2, 0.25) is 0 Å². The molecular formula is C7H2BrF5IN. The van der Waals surface area contributed by atoms with Gasteiger partial charge in [0.05, 0.1) is 5.56 Å². The van der Waals surface area contributed by atoms with Gasteiger partial charge in [-0.1, -0.05) is 0 Å². The molecule has 0 atom stereocenters. The second-order valence-corrected chi connectivity index (χ2v) is 4.41. The van der Waals surface area contributed by atoms with Crippen molar-refractivity contribution in [2.24, 2.45) is 0 Å². The number of alkyl halides is 5. The largest absolute Gasteiger partial charge is 0.419 e. The Balaban J connectivity index is 3.32. The Labute approximate surface area is 103 Å². The summed E-state index contributed by atoms with van der Waals surface area (Å²) in [6.07, 6.45) is -7.50. The van der Waals surface area contributed by atoms with E-state index in [1.54, 1.807) is 0 Å². The van der Waals surface area contributed by atoms with Gasteiger partial charge in [0.1, 0.15) is 10.3 Å². The molecule has 0 N–H and O–H groups in total. The molecule has 15 heavy (non-hydrogen) atoms. The van der Waals surface area contributed by atoms with Crippen molar-refractivity contribution in [2.45, 2.75) is 12.6 Å². The summed E-state index contributed by atoms with van der Waals surface area (Å²) in [6.45, 7) is 0. The van der Waals surface area contributed by atoms with Gasteiger partial charge < -0.3 is 0 Å². The number of hydrogen-bond donors (Lipinski definition) is 0. The van der Waals surface area contributed by atoms with Crippen LogP contribution in [0.25, 0.3) is 0 Å². The Morgan fingerprint density at radius 3 is 2.27 bits per heavy atom. The first-order valence-corrected chi connectivity index (χ1v) is 5.32. The van der Waals surface area contributed by atoms with Crippen LogP contribution in [0.2, 0.25) is 0 Å². The average Bonchev–Trinajstić information content (AvgIpc) is 2.06. The van der Waals surface area contributed by atoms with Crippen molar-refractivity contribution in [2.75, 3.05) is 0 Å². The third-order valence-corrected chi connectivity index (χ3v) is 2.94. The van der Waals surface area contributed by atoms with E-state index < -0.39 is 28.5 Å². The van der Waals surface area contributed by atoms with Crippen LogP contribution in [0.3, 0.4) is 0 Å². The molecule has 0 aromatic carbocycles. The Kier molecular flexibility index (Phi) is 3.90. The van der Waals surface area contributed by atoms with E-state index in [9.17, 15) is 22.0 Å². The highest BCUT2D eigenvalue weighted by Gasteiger charge is 2.35. The molecule has 1 aromatic rings. The minimum atomic E-state index is -4.60. The van der Waals surface area contributed by atoms with Crippen LogP contribution < -0.4 is 0 Å². The van der Waals surface area contributed by atoms with Crippen LogP contribution in [0.5, 0.6) is 0 Å². The summed E-state index contributed by atoms with van der Waals surface area (Å²) in [5.41, 5.74) is -1.72. The first-order valence-electron chi connectivity index (χ1n) is 3.44. The van der Waals surface area contributed by atoms with Crippen LogP contribution in [0, 0.1) is 3.57 Å². The maximum Gasteiger partial charge on any atom is 0.419 e. The lowest BCUT2D eigenvalue weighted by Gasteiger charge is -2.11. The lowest BCUT2D eigenvalue weighted by atomic mass is 10.2. The zero-order valence-corrected chi connectivity index (χ0v) is 10.5. The Bertz CT molecular complexity index is 378. The van der Waals surface area contributed by atoms with E-state index in [1.165, 1.54) is 22.6 Å². The van der Waals surface area contributed by atoms with Gasteiger partial charge in [-0.3, -0.25) is 0 Å². The number of nitrogens with zero attached hydrogens (tertiary/aromatic N) is 1. The summed E-state index contributed by atoms with van der Waals surface area (Å²) in [7, 11) is 0. The van der Waals surface area contributed by atoms with Gasteiger partial charge in [0.15, 0.2) is 0 Å². The number of rotatable bonds is 1. The fourth-order valence-electron chi connectivity index (χ4n) is 0.831. The molecule has 0 fully saturated rings. The van der Waals surface area contributed by atoms with E-state index >= 15 is 0 Å². The van der Waals surface area contributed by atoms with Crippen LogP contribution in [-0.2, 0) is 6.18 Å². The Morgan fingerprint density at radius 2 is 1.87 bits per heavy atom. The van der Waals surface area contributed by atoms with Crippen molar-refractivity contribution in [3.63, 3.8) is 0 Å². The molecule has 0 aliphatic rings. The van der Waals surface area contributed by atoms with Gasteiger partial charge in [0, 0.05) is 3.57 Å².